The second-order valence-corrected chi connectivity index (χ2v) is 7.39. The highest BCUT2D eigenvalue weighted by atomic mass is 35.5. The van der Waals surface area contributed by atoms with Crippen molar-refractivity contribution in [2.24, 2.45) is 5.92 Å². The van der Waals surface area contributed by atoms with Crippen LogP contribution in [0, 0.1) is 5.92 Å². The molecule has 0 aliphatic carbocycles. The van der Waals surface area contributed by atoms with Crippen LogP contribution in [0.4, 0.5) is 0 Å². The molecule has 140 valence electrons. The molecule has 0 saturated carbocycles. The molecule has 0 radical (unpaired) electrons. The van der Waals surface area contributed by atoms with Crippen LogP contribution >= 0.6 is 11.6 Å². The highest BCUT2D eigenvalue weighted by molar-refractivity contribution is 6.30. The summed E-state index contributed by atoms with van der Waals surface area (Å²) in [6.45, 7) is 4.10. The van der Waals surface area contributed by atoms with Gasteiger partial charge in [-0.05, 0) is 54.4 Å². The molecule has 0 aliphatic heterocycles. The molecular formula is C22H23ClN2O2. The van der Waals surface area contributed by atoms with Gasteiger partial charge in [-0.15, -0.1) is 0 Å². The zero-order chi connectivity index (χ0) is 19.4. The number of ketones is 1. The average molecular weight is 383 g/mol. The lowest BCUT2D eigenvalue weighted by molar-refractivity contribution is -0.119. The first-order chi connectivity index (χ1) is 13.0. The molecular weight excluding hydrogens is 360 g/mol. The highest BCUT2D eigenvalue weighted by Gasteiger charge is 2.15. The molecule has 1 aromatic heterocycles. The van der Waals surface area contributed by atoms with Crippen LogP contribution in [-0.4, -0.2) is 22.7 Å². The quantitative estimate of drug-likeness (QED) is 0.552. The van der Waals surface area contributed by atoms with Gasteiger partial charge in [-0.2, -0.15) is 5.10 Å². The summed E-state index contributed by atoms with van der Waals surface area (Å²) < 4.78 is 7.03. The number of benzene rings is 2. The fourth-order valence-electron chi connectivity index (χ4n) is 3.01. The fourth-order valence-corrected chi connectivity index (χ4v) is 3.19. The lowest BCUT2D eigenvalue weighted by Gasteiger charge is -2.08. The zero-order valence-electron chi connectivity index (χ0n) is 15.8. The average Bonchev–Trinajstić information content (AvgIpc) is 3.04. The normalized spacial score (nSPS) is 11.0. The van der Waals surface area contributed by atoms with Gasteiger partial charge in [-0.1, -0.05) is 31.5 Å². The Bertz CT molecular complexity index is 930. The summed E-state index contributed by atoms with van der Waals surface area (Å²) in [5.41, 5.74) is 3.47. The second-order valence-electron chi connectivity index (χ2n) is 6.95. The number of Topliss-reactive ketones (excluding diaryl/α,β-unsaturated/α-hetero) is 1. The van der Waals surface area contributed by atoms with Crippen molar-refractivity contribution in [1.82, 2.24) is 9.78 Å². The summed E-state index contributed by atoms with van der Waals surface area (Å²) in [6, 6.07) is 17.2. The summed E-state index contributed by atoms with van der Waals surface area (Å²) in [7, 11) is 1.64. The number of methoxy groups -OCH3 is 1. The first-order valence-electron chi connectivity index (χ1n) is 8.97. The van der Waals surface area contributed by atoms with E-state index in [0.29, 0.717) is 23.8 Å². The van der Waals surface area contributed by atoms with Crippen LogP contribution in [0.1, 0.15) is 26.0 Å². The predicted molar refractivity (Wildman–Crippen MR) is 109 cm³/mol. The van der Waals surface area contributed by atoms with E-state index in [2.05, 4.69) is 13.8 Å². The topological polar surface area (TPSA) is 44.1 Å². The Morgan fingerprint density at radius 3 is 2.52 bits per heavy atom. The first-order valence-corrected chi connectivity index (χ1v) is 9.35. The molecule has 2 aromatic carbocycles. The van der Waals surface area contributed by atoms with Crippen LogP contribution in [0.25, 0.3) is 16.9 Å². The molecule has 0 aliphatic rings. The van der Waals surface area contributed by atoms with Gasteiger partial charge in [0.05, 0.1) is 24.2 Å². The van der Waals surface area contributed by atoms with E-state index >= 15 is 0 Å². The maximum atomic E-state index is 12.4. The SMILES string of the molecule is COc1ccc(-c2cc(CC(=O)CC(C)C)n(-c3cccc(Cl)c3)n2)cc1. The standard InChI is InChI=1S/C22H23ClN2O2/c1-15(2)11-20(26)13-19-14-22(16-7-9-21(27-3)10-8-16)24-25(19)18-6-4-5-17(23)12-18/h4-10,12,14-15H,11,13H2,1-3H3. The molecule has 0 bridgehead atoms. The molecule has 0 unspecified atom stereocenters. The molecule has 0 fully saturated rings. The van der Waals surface area contributed by atoms with Crippen molar-refractivity contribution in [2.75, 3.05) is 7.11 Å². The lowest BCUT2D eigenvalue weighted by atomic mass is 10.0. The van der Waals surface area contributed by atoms with Gasteiger partial charge in [-0.3, -0.25) is 4.79 Å². The van der Waals surface area contributed by atoms with Crippen LogP contribution in [0.5, 0.6) is 5.75 Å². The molecule has 1 heterocycles. The largest absolute Gasteiger partial charge is 0.497 e. The van der Waals surface area contributed by atoms with Crippen molar-refractivity contribution in [2.45, 2.75) is 26.7 Å². The van der Waals surface area contributed by atoms with Crippen LogP contribution < -0.4 is 4.74 Å². The van der Waals surface area contributed by atoms with E-state index in [4.69, 9.17) is 21.4 Å². The van der Waals surface area contributed by atoms with E-state index in [-0.39, 0.29) is 5.78 Å². The maximum absolute atomic E-state index is 12.4. The molecule has 0 N–H and O–H groups in total. The van der Waals surface area contributed by atoms with Gasteiger partial charge >= 0.3 is 0 Å². The van der Waals surface area contributed by atoms with Crippen molar-refractivity contribution in [3.63, 3.8) is 0 Å². The van der Waals surface area contributed by atoms with Gasteiger partial charge in [0.25, 0.3) is 0 Å². The molecule has 4 nitrogen and oxygen atoms in total. The zero-order valence-corrected chi connectivity index (χ0v) is 16.5. The van der Waals surface area contributed by atoms with E-state index in [0.717, 1.165) is 28.4 Å². The maximum Gasteiger partial charge on any atom is 0.139 e. The summed E-state index contributed by atoms with van der Waals surface area (Å²) in [5.74, 6) is 1.33. The van der Waals surface area contributed by atoms with Crippen LogP contribution in [-0.2, 0) is 11.2 Å². The minimum absolute atomic E-state index is 0.203. The third-order valence-electron chi connectivity index (χ3n) is 4.24. The van der Waals surface area contributed by atoms with Crippen molar-refractivity contribution < 1.29 is 9.53 Å². The van der Waals surface area contributed by atoms with Crippen molar-refractivity contribution in [3.8, 4) is 22.7 Å². The van der Waals surface area contributed by atoms with E-state index in [9.17, 15) is 4.79 Å². The summed E-state index contributed by atoms with van der Waals surface area (Å²) in [6.07, 6.45) is 0.895. The number of halogens is 1. The summed E-state index contributed by atoms with van der Waals surface area (Å²) in [4.78, 5) is 12.4. The second kappa shape index (κ2) is 8.40. The smallest absolute Gasteiger partial charge is 0.139 e. The molecule has 0 atom stereocenters. The van der Waals surface area contributed by atoms with E-state index in [1.54, 1.807) is 7.11 Å². The third-order valence-corrected chi connectivity index (χ3v) is 4.47. The Hall–Kier alpha value is -2.59. The van der Waals surface area contributed by atoms with E-state index in [1.807, 2.05) is 59.3 Å². The van der Waals surface area contributed by atoms with Crippen LogP contribution in [0.3, 0.4) is 0 Å². The summed E-state index contributed by atoms with van der Waals surface area (Å²) >= 11 is 6.16. The molecule has 3 rings (SSSR count). The van der Waals surface area contributed by atoms with Gasteiger partial charge < -0.3 is 4.74 Å². The number of rotatable bonds is 7. The number of nitrogens with zero attached hydrogens (tertiary/aromatic N) is 2. The molecule has 0 amide bonds. The highest BCUT2D eigenvalue weighted by Crippen LogP contribution is 2.25. The lowest BCUT2D eigenvalue weighted by Crippen LogP contribution is -2.10. The number of hydrogen-bond donors (Lipinski definition) is 0. The molecule has 3 aromatic rings. The minimum atomic E-state index is 0.203. The number of hydrogen-bond acceptors (Lipinski definition) is 3. The monoisotopic (exact) mass is 382 g/mol. The van der Waals surface area contributed by atoms with Crippen molar-refractivity contribution in [3.05, 3.63) is 65.3 Å². The number of carbonyl (C=O) groups excluding carboxylic acids is 1. The Balaban J connectivity index is 2.00. The Morgan fingerprint density at radius 2 is 1.89 bits per heavy atom. The van der Waals surface area contributed by atoms with Crippen LogP contribution in [0.2, 0.25) is 5.02 Å². The van der Waals surface area contributed by atoms with E-state index in [1.165, 1.54) is 0 Å². The molecule has 27 heavy (non-hydrogen) atoms. The summed E-state index contributed by atoms with van der Waals surface area (Å²) in [5, 5.41) is 5.38. The first kappa shape index (κ1) is 19.2. The minimum Gasteiger partial charge on any atom is -0.497 e. The van der Waals surface area contributed by atoms with Crippen molar-refractivity contribution in [1.29, 1.82) is 0 Å². The Labute approximate surface area is 164 Å². The van der Waals surface area contributed by atoms with Gasteiger partial charge in [0, 0.05) is 23.4 Å². The predicted octanol–water partition coefficient (Wildman–Crippen LogP) is 5.36. The number of aromatic nitrogens is 2. The molecule has 5 heteroatoms. The third kappa shape index (κ3) is 4.77. The van der Waals surface area contributed by atoms with Crippen LogP contribution in [0.15, 0.2) is 54.6 Å². The molecule has 0 spiro atoms. The van der Waals surface area contributed by atoms with E-state index < -0.39 is 0 Å². The van der Waals surface area contributed by atoms with Gasteiger partial charge in [0.2, 0.25) is 0 Å². The number of ether oxygens (including phenoxy) is 1. The van der Waals surface area contributed by atoms with Crippen molar-refractivity contribution >= 4 is 17.4 Å². The fraction of sp³-hybridized carbons (Fsp3) is 0.273. The van der Waals surface area contributed by atoms with Gasteiger partial charge in [0.15, 0.2) is 0 Å². The Morgan fingerprint density at radius 1 is 1.15 bits per heavy atom. The molecule has 0 saturated heterocycles. The van der Waals surface area contributed by atoms with Gasteiger partial charge in [0.1, 0.15) is 11.5 Å². The Kier molecular flexibility index (Phi) is 5.97. The number of carbonyl (C=O) groups is 1. The van der Waals surface area contributed by atoms with Gasteiger partial charge in [-0.25, -0.2) is 4.68 Å².